The lowest BCUT2D eigenvalue weighted by atomic mass is 9.79. The molecule has 0 saturated carbocycles. The van der Waals surface area contributed by atoms with E-state index in [0.29, 0.717) is 16.3 Å². The summed E-state index contributed by atoms with van der Waals surface area (Å²) in [6.45, 7) is 1.48. The molecule has 3 nitrogen and oxygen atoms in total. The standard InChI is InChI=1S/C20H17Cl4F3N2O/c1-11(30)28-9-12-2-3-14(8-15(12)21)29-5-4-19(10-29,20(25,26)27)13-6-16(22)18(24)17(23)7-13/h2-3,6-8H,4-5,9-10H2,1H3,(H,28,30). The molecule has 1 saturated heterocycles. The van der Waals surface area contributed by atoms with Gasteiger partial charge in [-0.05, 0) is 41.8 Å². The van der Waals surface area contributed by atoms with Crippen LogP contribution in [0.5, 0.6) is 0 Å². The Kier molecular flexibility index (Phi) is 6.73. The van der Waals surface area contributed by atoms with Crippen molar-refractivity contribution in [2.75, 3.05) is 18.0 Å². The molecule has 0 spiro atoms. The highest BCUT2D eigenvalue weighted by Gasteiger charge is 2.59. The lowest BCUT2D eigenvalue weighted by molar-refractivity contribution is -0.184. The van der Waals surface area contributed by atoms with E-state index in [9.17, 15) is 18.0 Å². The molecular formula is C20H17Cl4F3N2O. The summed E-state index contributed by atoms with van der Waals surface area (Å²) in [6, 6.07) is 7.45. The van der Waals surface area contributed by atoms with E-state index < -0.39 is 11.6 Å². The van der Waals surface area contributed by atoms with Crippen LogP contribution in [0.2, 0.25) is 20.1 Å². The molecule has 0 aliphatic carbocycles. The molecule has 1 atom stereocenters. The number of rotatable bonds is 4. The molecule has 1 aliphatic rings. The van der Waals surface area contributed by atoms with Crippen molar-refractivity contribution in [3.05, 3.63) is 61.5 Å². The second kappa shape index (κ2) is 8.65. The fraction of sp³-hybridized carbons (Fsp3) is 0.350. The third-order valence-electron chi connectivity index (χ3n) is 5.28. The van der Waals surface area contributed by atoms with E-state index in [0.717, 1.165) is 0 Å². The number of carbonyl (C=O) groups excluding carboxylic acids is 1. The van der Waals surface area contributed by atoms with Gasteiger partial charge in [0.2, 0.25) is 5.91 Å². The molecule has 30 heavy (non-hydrogen) atoms. The van der Waals surface area contributed by atoms with E-state index in [4.69, 9.17) is 46.4 Å². The molecule has 1 heterocycles. The molecule has 2 aromatic carbocycles. The van der Waals surface area contributed by atoms with E-state index in [1.807, 2.05) is 0 Å². The summed E-state index contributed by atoms with van der Waals surface area (Å²) in [7, 11) is 0. The lowest BCUT2D eigenvalue weighted by Gasteiger charge is -2.33. The van der Waals surface area contributed by atoms with Crippen LogP contribution in [0, 0.1) is 0 Å². The van der Waals surface area contributed by atoms with E-state index in [1.54, 1.807) is 23.1 Å². The third-order valence-corrected chi connectivity index (χ3v) is 6.83. The van der Waals surface area contributed by atoms with Gasteiger partial charge in [-0.15, -0.1) is 0 Å². The van der Waals surface area contributed by atoms with Gasteiger partial charge in [-0.2, -0.15) is 13.2 Å². The zero-order chi connectivity index (χ0) is 22.3. The molecule has 1 aliphatic heterocycles. The van der Waals surface area contributed by atoms with Crippen molar-refractivity contribution in [2.24, 2.45) is 0 Å². The van der Waals surface area contributed by atoms with Gasteiger partial charge in [0.1, 0.15) is 5.41 Å². The van der Waals surface area contributed by atoms with Crippen LogP contribution in [-0.4, -0.2) is 25.2 Å². The minimum atomic E-state index is -4.53. The van der Waals surface area contributed by atoms with Crippen LogP contribution in [0.4, 0.5) is 18.9 Å². The fourth-order valence-corrected chi connectivity index (χ4v) is 4.43. The van der Waals surface area contributed by atoms with Crippen molar-refractivity contribution >= 4 is 58.0 Å². The monoisotopic (exact) mass is 498 g/mol. The molecule has 1 unspecified atom stereocenters. The predicted molar refractivity (Wildman–Crippen MR) is 115 cm³/mol. The summed E-state index contributed by atoms with van der Waals surface area (Å²) < 4.78 is 42.8. The maximum absolute atomic E-state index is 14.3. The van der Waals surface area contributed by atoms with E-state index >= 15 is 0 Å². The zero-order valence-corrected chi connectivity index (χ0v) is 18.7. The Balaban J connectivity index is 1.93. The van der Waals surface area contributed by atoms with Gasteiger partial charge in [0.25, 0.3) is 0 Å². The number of nitrogens with one attached hydrogen (secondary N) is 1. The first-order valence-corrected chi connectivity index (χ1v) is 10.5. The van der Waals surface area contributed by atoms with Crippen molar-refractivity contribution < 1.29 is 18.0 Å². The number of carbonyl (C=O) groups is 1. The molecule has 0 radical (unpaired) electrons. The van der Waals surface area contributed by atoms with Crippen LogP contribution in [0.25, 0.3) is 0 Å². The predicted octanol–water partition coefficient (Wildman–Crippen LogP) is 6.65. The normalized spacial score (nSPS) is 19.3. The number of amides is 1. The van der Waals surface area contributed by atoms with Crippen LogP contribution >= 0.6 is 46.4 Å². The Morgan fingerprint density at radius 1 is 1.10 bits per heavy atom. The maximum Gasteiger partial charge on any atom is 0.400 e. The zero-order valence-electron chi connectivity index (χ0n) is 15.7. The molecule has 2 aromatic rings. The summed E-state index contributed by atoms with van der Waals surface area (Å²) >= 11 is 24.2. The molecule has 0 bridgehead atoms. The van der Waals surface area contributed by atoms with Gasteiger partial charge in [0.05, 0.1) is 15.1 Å². The summed E-state index contributed by atoms with van der Waals surface area (Å²) in [5.74, 6) is -0.204. The Morgan fingerprint density at radius 3 is 2.27 bits per heavy atom. The Hall–Kier alpha value is -1.34. The SMILES string of the molecule is CC(=O)NCc1ccc(N2CCC(c3cc(Cl)c(Cl)c(Cl)c3)(C(F)(F)F)C2)cc1Cl. The van der Waals surface area contributed by atoms with Crippen molar-refractivity contribution in [2.45, 2.75) is 31.5 Å². The largest absolute Gasteiger partial charge is 0.400 e. The average Bonchev–Trinajstić information content (AvgIpc) is 3.11. The maximum atomic E-state index is 14.3. The van der Waals surface area contributed by atoms with Gasteiger partial charge in [0, 0.05) is 37.3 Å². The van der Waals surface area contributed by atoms with Crippen LogP contribution < -0.4 is 10.2 Å². The van der Waals surface area contributed by atoms with Gasteiger partial charge < -0.3 is 10.2 Å². The Morgan fingerprint density at radius 2 is 1.73 bits per heavy atom. The molecular weight excluding hydrogens is 483 g/mol. The quantitative estimate of drug-likeness (QED) is 0.478. The van der Waals surface area contributed by atoms with Crippen molar-refractivity contribution in [1.29, 1.82) is 0 Å². The lowest BCUT2D eigenvalue weighted by Crippen LogP contribution is -2.44. The Bertz CT molecular complexity index is 960. The van der Waals surface area contributed by atoms with Gasteiger partial charge in [-0.1, -0.05) is 52.5 Å². The molecule has 162 valence electrons. The van der Waals surface area contributed by atoms with Crippen molar-refractivity contribution in [1.82, 2.24) is 5.32 Å². The number of nitrogens with zero attached hydrogens (tertiary/aromatic N) is 1. The van der Waals surface area contributed by atoms with Crippen LogP contribution in [0.3, 0.4) is 0 Å². The minimum absolute atomic E-state index is 0.0217. The molecule has 1 amide bonds. The number of anilines is 1. The summed E-state index contributed by atoms with van der Waals surface area (Å²) in [5, 5.41) is 2.98. The van der Waals surface area contributed by atoms with Gasteiger partial charge in [-0.3, -0.25) is 4.79 Å². The third kappa shape index (κ3) is 4.47. The minimum Gasteiger partial charge on any atom is -0.370 e. The highest BCUT2D eigenvalue weighted by Crippen LogP contribution is 2.50. The van der Waals surface area contributed by atoms with Gasteiger partial charge in [0.15, 0.2) is 0 Å². The Labute approximate surface area is 192 Å². The van der Waals surface area contributed by atoms with E-state index in [2.05, 4.69) is 5.32 Å². The highest BCUT2D eigenvalue weighted by molar-refractivity contribution is 6.48. The number of alkyl halides is 3. The first kappa shape index (κ1) is 23.3. The van der Waals surface area contributed by atoms with Crippen LogP contribution in [-0.2, 0) is 16.8 Å². The smallest absolute Gasteiger partial charge is 0.370 e. The van der Waals surface area contributed by atoms with Crippen molar-refractivity contribution in [3.63, 3.8) is 0 Å². The second-order valence-electron chi connectivity index (χ2n) is 7.19. The fourth-order valence-electron chi connectivity index (χ4n) is 3.59. The molecule has 1 N–H and O–H groups in total. The first-order chi connectivity index (χ1) is 13.9. The van der Waals surface area contributed by atoms with Gasteiger partial charge >= 0.3 is 6.18 Å². The number of halogens is 7. The highest BCUT2D eigenvalue weighted by atomic mass is 35.5. The number of hydrogen-bond donors (Lipinski definition) is 1. The van der Waals surface area contributed by atoms with E-state index in [-0.39, 0.29) is 52.6 Å². The molecule has 0 aromatic heterocycles. The molecule has 1 fully saturated rings. The number of benzene rings is 2. The second-order valence-corrected chi connectivity index (χ2v) is 8.79. The number of hydrogen-bond acceptors (Lipinski definition) is 2. The average molecular weight is 500 g/mol. The first-order valence-electron chi connectivity index (χ1n) is 8.94. The van der Waals surface area contributed by atoms with Gasteiger partial charge in [-0.25, -0.2) is 0 Å². The summed E-state index contributed by atoms with van der Waals surface area (Å²) in [6.07, 6.45) is -4.70. The van der Waals surface area contributed by atoms with Crippen LogP contribution in [0.15, 0.2) is 30.3 Å². The molecule has 10 heteroatoms. The summed E-state index contributed by atoms with van der Waals surface area (Å²) in [4.78, 5) is 12.7. The van der Waals surface area contributed by atoms with E-state index in [1.165, 1.54) is 19.1 Å². The summed E-state index contributed by atoms with van der Waals surface area (Å²) in [5.41, 5.74) is -0.936. The topological polar surface area (TPSA) is 32.3 Å². The van der Waals surface area contributed by atoms with Crippen LogP contribution in [0.1, 0.15) is 24.5 Å². The molecule has 3 rings (SSSR count). The van der Waals surface area contributed by atoms with Crippen molar-refractivity contribution in [3.8, 4) is 0 Å².